The van der Waals surface area contributed by atoms with Crippen molar-refractivity contribution in [1.82, 2.24) is 15.5 Å². The van der Waals surface area contributed by atoms with Crippen LogP contribution in [0.4, 0.5) is 10.5 Å². The molecule has 1 aromatic rings. The Morgan fingerprint density at radius 3 is 2.80 bits per heavy atom. The van der Waals surface area contributed by atoms with Gasteiger partial charge in [0.15, 0.2) is 0 Å². The van der Waals surface area contributed by atoms with Crippen molar-refractivity contribution in [3.8, 4) is 0 Å². The molecule has 4 amide bonds. The van der Waals surface area contributed by atoms with Crippen molar-refractivity contribution in [3.63, 3.8) is 0 Å². The molecule has 1 aromatic carbocycles. The first-order valence-corrected chi connectivity index (χ1v) is 8.76. The van der Waals surface area contributed by atoms with E-state index in [0.29, 0.717) is 16.6 Å². The molecule has 0 aliphatic carbocycles. The summed E-state index contributed by atoms with van der Waals surface area (Å²) in [5, 5.41) is 6.23. The normalized spacial score (nSPS) is 20.6. The average molecular weight is 385 g/mol. The van der Waals surface area contributed by atoms with E-state index in [2.05, 4.69) is 15.5 Å². The van der Waals surface area contributed by atoms with Crippen molar-refractivity contribution >= 4 is 46.7 Å². The van der Waals surface area contributed by atoms with E-state index in [9.17, 15) is 14.4 Å². The predicted molar refractivity (Wildman–Crippen MR) is 95.0 cm³/mol. The van der Waals surface area contributed by atoms with Crippen molar-refractivity contribution in [1.29, 1.82) is 0 Å². The number of nitrogens with one attached hydrogen (secondary N) is 2. The Labute approximate surface area is 155 Å². The number of amides is 4. The van der Waals surface area contributed by atoms with Crippen LogP contribution < -0.4 is 15.5 Å². The predicted octanol–water partition coefficient (Wildman–Crippen LogP) is 1.63. The van der Waals surface area contributed by atoms with Gasteiger partial charge in [0.25, 0.3) is 0 Å². The second-order valence-corrected chi connectivity index (χ2v) is 7.00. The molecule has 2 fully saturated rings. The van der Waals surface area contributed by atoms with Gasteiger partial charge in [0.05, 0.1) is 10.7 Å². The fourth-order valence-electron chi connectivity index (χ4n) is 3.11. The molecule has 0 unspecified atom stereocenters. The molecular weight excluding hydrogens is 367 g/mol. The molecule has 2 aliphatic heterocycles. The van der Waals surface area contributed by atoms with Crippen LogP contribution in [0, 0.1) is 0 Å². The molecule has 134 valence electrons. The number of hydrogen-bond donors (Lipinski definition) is 2. The Hall–Kier alpha value is -1.99. The summed E-state index contributed by atoms with van der Waals surface area (Å²) in [4.78, 5) is 38.1. The Morgan fingerprint density at radius 2 is 2.12 bits per heavy atom. The molecule has 3 rings (SSSR count). The minimum absolute atomic E-state index is 0.0469. The van der Waals surface area contributed by atoms with E-state index in [0.717, 1.165) is 25.1 Å². The van der Waals surface area contributed by atoms with Gasteiger partial charge in [-0.15, -0.1) is 0 Å². The van der Waals surface area contributed by atoms with Crippen LogP contribution >= 0.6 is 23.2 Å². The first-order valence-electron chi connectivity index (χ1n) is 8.00. The summed E-state index contributed by atoms with van der Waals surface area (Å²) < 4.78 is 0. The third-order valence-corrected chi connectivity index (χ3v) is 4.78. The lowest BCUT2D eigenvalue weighted by molar-refractivity contribution is -0.122. The number of benzene rings is 1. The van der Waals surface area contributed by atoms with Crippen molar-refractivity contribution in [2.24, 2.45) is 0 Å². The SMILES string of the molecule is O=C1CN(CC(=O)N[C@H]2CCCN(c3ccc(Cl)cc3Cl)C2)C(=O)N1. The van der Waals surface area contributed by atoms with Crippen LogP contribution in [0.2, 0.25) is 10.0 Å². The zero-order chi connectivity index (χ0) is 18.0. The molecule has 0 spiro atoms. The Bertz CT molecular complexity index is 713. The molecule has 0 radical (unpaired) electrons. The standard InChI is InChI=1S/C16H18Cl2N4O3/c17-10-3-4-13(12(18)6-10)21-5-1-2-11(7-21)19-14(23)8-22-9-15(24)20-16(22)25/h3-4,6,11H,1-2,5,7-9H2,(H,19,23)(H,20,24,25)/t11-/m0/s1. The van der Waals surface area contributed by atoms with Gasteiger partial charge in [-0.2, -0.15) is 0 Å². The summed E-state index contributed by atoms with van der Waals surface area (Å²) in [5.41, 5.74) is 0.884. The highest BCUT2D eigenvalue weighted by Crippen LogP contribution is 2.30. The maximum Gasteiger partial charge on any atom is 0.325 e. The number of piperidine rings is 1. The summed E-state index contributed by atoms with van der Waals surface area (Å²) in [5.74, 6) is -0.669. The van der Waals surface area contributed by atoms with Gasteiger partial charge in [-0.25, -0.2) is 4.79 Å². The molecule has 7 nitrogen and oxygen atoms in total. The summed E-state index contributed by atoms with van der Waals surface area (Å²) in [6, 6.07) is 4.78. The summed E-state index contributed by atoms with van der Waals surface area (Å²) in [6.07, 6.45) is 1.76. The summed E-state index contributed by atoms with van der Waals surface area (Å²) in [7, 11) is 0. The van der Waals surface area contributed by atoms with Gasteiger partial charge in [0.2, 0.25) is 11.8 Å². The first kappa shape index (κ1) is 17.8. The van der Waals surface area contributed by atoms with Crippen LogP contribution in [0.15, 0.2) is 18.2 Å². The van der Waals surface area contributed by atoms with E-state index in [1.165, 1.54) is 4.90 Å². The number of nitrogens with zero attached hydrogens (tertiary/aromatic N) is 2. The minimum Gasteiger partial charge on any atom is -0.368 e. The van der Waals surface area contributed by atoms with Gasteiger partial charge < -0.3 is 15.1 Å². The molecule has 0 bridgehead atoms. The number of hydrogen-bond acceptors (Lipinski definition) is 4. The lowest BCUT2D eigenvalue weighted by Crippen LogP contribution is -2.50. The quantitative estimate of drug-likeness (QED) is 0.772. The summed E-state index contributed by atoms with van der Waals surface area (Å²) >= 11 is 12.2. The van der Waals surface area contributed by atoms with Crippen LogP contribution in [-0.4, -0.2) is 55.0 Å². The van der Waals surface area contributed by atoms with Crippen LogP contribution in [0.1, 0.15) is 12.8 Å². The fraction of sp³-hybridized carbons (Fsp3) is 0.438. The lowest BCUT2D eigenvalue weighted by atomic mass is 10.0. The number of carbonyl (C=O) groups excluding carboxylic acids is 3. The van der Waals surface area contributed by atoms with Crippen LogP contribution in [0.25, 0.3) is 0 Å². The van der Waals surface area contributed by atoms with E-state index in [4.69, 9.17) is 23.2 Å². The molecule has 2 N–H and O–H groups in total. The van der Waals surface area contributed by atoms with Gasteiger partial charge in [-0.3, -0.25) is 14.9 Å². The first-order chi connectivity index (χ1) is 11.9. The molecule has 1 atom stereocenters. The summed E-state index contributed by atoms with van der Waals surface area (Å²) in [6.45, 7) is 1.26. The molecule has 25 heavy (non-hydrogen) atoms. The number of carbonyl (C=O) groups is 3. The highest BCUT2D eigenvalue weighted by molar-refractivity contribution is 6.36. The molecule has 2 aliphatic rings. The van der Waals surface area contributed by atoms with Crippen molar-refractivity contribution in [3.05, 3.63) is 28.2 Å². The molecule has 2 saturated heterocycles. The largest absolute Gasteiger partial charge is 0.368 e. The topological polar surface area (TPSA) is 81.8 Å². The highest BCUT2D eigenvalue weighted by Gasteiger charge is 2.29. The third-order valence-electron chi connectivity index (χ3n) is 4.24. The van der Waals surface area contributed by atoms with Gasteiger partial charge in [-0.1, -0.05) is 23.2 Å². The zero-order valence-electron chi connectivity index (χ0n) is 13.4. The molecule has 0 aromatic heterocycles. The maximum absolute atomic E-state index is 12.2. The van der Waals surface area contributed by atoms with Gasteiger partial charge in [-0.05, 0) is 31.0 Å². The minimum atomic E-state index is -0.529. The van der Waals surface area contributed by atoms with Crippen LogP contribution in [-0.2, 0) is 9.59 Å². The second-order valence-electron chi connectivity index (χ2n) is 6.16. The number of halogens is 2. The number of urea groups is 1. The number of rotatable bonds is 4. The van der Waals surface area contributed by atoms with Gasteiger partial charge >= 0.3 is 6.03 Å². The van der Waals surface area contributed by atoms with Crippen molar-refractivity contribution in [2.45, 2.75) is 18.9 Å². The molecule has 2 heterocycles. The molecule has 0 saturated carbocycles. The smallest absolute Gasteiger partial charge is 0.325 e. The van der Waals surface area contributed by atoms with E-state index < -0.39 is 6.03 Å². The lowest BCUT2D eigenvalue weighted by Gasteiger charge is -2.35. The molecule has 9 heteroatoms. The Balaban J connectivity index is 1.57. The van der Waals surface area contributed by atoms with E-state index >= 15 is 0 Å². The second kappa shape index (κ2) is 7.49. The van der Waals surface area contributed by atoms with E-state index in [-0.39, 0.29) is 30.9 Å². The van der Waals surface area contributed by atoms with Crippen molar-refractivity contribution in [2.75, 3.05) is 31.1 Å². The monoisotopic (exact) mass is 384 g/mol. The van der Waals surface area contributed by atoms with Gasteiger partial charge in [0.1, 0.15) is 13.1 Å². The Morgan fingerprint density at radius 1 is 1.32 bits per heavy atom. The highest BCUT2D eigenvalue weighted by atomic mass is 35.5. The van der Waals surface area contributed by atoms with Crippen LogP contribution in [0.3, 0.4) is 0 Å². The fourth-order valence-corrected chi connectivity index (χ4v) is 3.64. The van der Waals surface area contributed by atoms with E-state index in [1.807, 2.05) is 6.07 Å². The molecular formula is C16H18Cl2N4O3. The third kappa shape index (κ3) is 4.35. The zero-order valence-corrected chi connectivity index (χ0v) is 14.9. The number of anilines is 1. The van der Waals surface area contributed by atoms with E-state index in [1.54, 1.807) is 12.1 Å². The average Bonchev–Trinajstić information content (AvgIpc) is 2.85. The van der Waals surface area contributed by atoms with Crippen LogP contribution in [0.5, 0.6) is 0 Å². The Kier molecular flexibility index (Phi) is 5.34. The number of imide groups is 1. The maximum atomic E-state index is 12.2. The van der Waals surface area contributed by atoms with Crippen molar-refractivity contribution < 1.29 is 14.4 Å². The van der Waals surface area contributed by atoms with Gasteiger partial charge in [0, 0.05) is 24.2 Å².